The number of ether oxygens (including phenoxy) is 12. The van der Waals surface area contributed by atoms with E-state index in [1.165, 1.54) is 54.4 Å². The summed E-state index contributed by atoms with van der Waals surface area (Å²) in [6, 6.07) is 37.9. The molecule has 0 heterocycles. The maximum atomic E-state index is 12.4. The van der Waals surface area contributed by atoms with Gasteiger partial charge in [0.05, 0.1) is 45.1 Å². The van der Waals surface area contributed by atoms with E-state index in [0.717, 1.165) is 5.56 Å². The third-order valence-corrected chi connectivity index (χ3v) is 13.6. The first-order valence-corrected chi connectivity index (χ1v) is 32.9. The van der Waals surface area contributed by atoms with Gasteiger partial charge in [-0.1, -0.05) is 152 Å². The van der Waals surface area contributed by atoms with Gasteiger partial charge in [-0.3, -0.25) is 14.9 Å². The molecule has 5 rings (SSSR count). The number of hydrogen-bond donors (Lipinski definition) is 4. The van der Waals surface area contributed by atoms with Crippen LogP contribution >= 0.6 is 0 Å². The van der Waals surface area contributed by atoms with E-state index < -0.39 is 115 Å². The predicted molar refractivity (Wildman–Crippen MR) is 370 cm³/mol. The summed E-state index contributed by atoms with van der Waals surface area (Å²) < 4.78 is 60.2. The Morgan fingerprint density at radius 1 is 0.392 bits per heavy atom. The number of esters is 8. The van der Waals surface area contributed by atoms with Crippen molar-refractivity contribution in [3.8, 4) is 0 Å². The van der Waals surface area contributed by atoms with Crippen LogP contribution in [0.25, 0.3) is 0 Å². The van der Waals surface area contributed by atoms with Gasteiger partial charge in [0, 0.05) is 57.2 Å². The zero-order valence-electron chi connectivity index (χ0n) is 60.1. The molecule has 3 unspecified atom stereocenters. The fourth-order valence-electron chi connectivity index (χ4n) is 8.40. The molecule has 4 N–H and O–H groups in total. The molecule has 0 aromatic heterocycles. The zero-order valence-corrected chi connectivity index (χ0v) is 60.1. The van der Waals surface area contributed by atoms with Crippen LogP contribution in [-0.4, -0.2) is 137 Å². The Labute approximate surface area is 594 Å². The number of amides is 4. The number of benzene rings is 5. The van der Waals surface area contributed by atoms with E-state index in [-0.39, 0.29) is 31.1 Å². The molecular weight excluding hydrogens is 1330 g/mol. The number of methoxy groups -OCH3 is 4. The van der Waals surface area contributed by atoms with Crippen molar-refractivity contribution in [1.29, 1.82) is 0 Å². The molecular formula is C74H96N4O24. The Kier molecular flexibility index (Phi) is 40.8. The minimum Gasteiger partial charge on any atom is -0.467 e. The van der Waals surface area contributed by atoms with Crippen molar-refractivity contribution >= 4 is 77.8 Å². The Morgan fingerprint density at radius 2 is 0.804 bits per heavy atom. The molecule has 0 radical (unpaired) electrons. The molecule has 5 aromatic carbocycles. The van der Waals surface area contributed by atoms with Crippen LogP contribution in [0.3, 0.4) is 0 Å². The lowest BCUT2D eigenvalue weighted by atomic mass is 10.1. The number of anilines is 1. The van der Waals surface area contributed by atoms with Gasteiger partial charge < -0.3 is 72.8 Å². The van der Waals surface area contributed by atoms with Crippen LogP contribution in [0.15, 0.2) is 146 Å². The van der Waals surface area contributed by atoms with Crippen LogP contribution in [-0.2, 0) is 87.2 Å². The molecule has 28 nitrogen and oxygen atoms in total. The molecule has 0 spiro atoms. The summed E-state index contributed by atoms with van der Waals surface area (Å²) in [5.74, 6) is -6.23. The summed E-state index contributed by atoms with van der Waals surface area (Å²) in [6.07, 6.45) is -2.21. The van der Waals surface area contributed by atoms with Crippen LogP contribution in [0.1, 0.15) is 169 Å². The summed E-state index contributed by atoms with van der Waals surface area (Å²) >= 11 is 0. The molecule has 0 fully saturated rings. The molecule has 102 heavy (non-hydrogen) atoms. The molecule has 0 bridgehead atoms. The van der Waals surface area contributed by atoms with Crippen LogP contribution < -0.4 is 21.3 Å². The highest BCUT2D eigenvalue weighted by Gasteiger charge is 2.33. The lowest BCUT2D eigenvalue weighted by molar-refractivity contribution is -0.170. The molecule has 5 aromatic rings. The van der Waals surface area contributed by atoms with E-state index >= 15 is 0 Å². The van der Waals surface area contributed by atoms with Crippen LogP contribution in [0.5, 0.6) is 0 Å². The molecule has 0 saturated heterocycles. The first-order valence-electron chi connectivity index (χ1n) is 32.9. The van der Waals surface area contributed by atoms with E-state index in [2.05, 4.69) is 30.7 Å². The van der Waals surface area contributed by atoms with Gasteiger partial charge in [-0.25, -0.2) is 47.9 Å². The first-order chi connectivity index (χ1) is 48.6. The number of rotatable bonds is 31. The monoisotopic (exact) mass is 1420 g/mol. The highest BCUT2D eigenvalue weighted by molar-refractivity contribution is 5.92. The second kappa shape index (κ2) is 47.8. The zero-order chi connectivity index (χ0) is 76.2. The van der Waals surface area contributed by atoms with E-state index in [4.69, 9.17) is 47.4 Å². The van der Waals surface area contributed by atoms with Gasteiger partial charge in [0.1, 0.15) is 18.1 Å². The van der Waals surface area contributed by atoms with E-state index in [9.17, 15) is 57.5 Å². The van der Waals surface area contributed by atoms with Crippen molar-refractivity contribution in [2.75, 3.05) is 33.8 Å². The molecule has 0 aliphatic carbocycles. The maximum Gasteiger partial charge on any atom is 0.414 e. The summed E-state index contributed by atoms with van der Waals surface area (Å²) in [7, 11) is 5.01. The molecule has 0 saturated carbocycles. The molecule has 28 heteroatoms. The number of carbonyl (C=O) groups is 12. The lowest BCUT2D eigenvalue weighted by Gasteiger charge is -2.26. The van der Waals surface area contributed by atoms with Crippen molar-refractivity contribution in [2.45, 2.75) is 170 Å². The molecule has 4 amide bonds. The minimum absolute atomic E-state index is 0.160. The van der Waals surface area contributed by atoms with E-state index in [1.54, 1.807) is 131 Å². The smallest absolute Gasteiger partial charge is 0.414 e. The van der Waals surface area contributed by atoms with Gasteiger partial charge >= 0.3 is 72.1 Å². The van der Waals surface area contributed by atoms with Crippen molar-refractivity contribution in [3.63, 3.8) is 0 Å². The standard InChI is InChI=1S/2C21H23NO6.C17H23NO6.C15H27NO6/c1-21(2,27-18(23)16-12-8-5-9-13-16)28-20(25)22-17(19(24)26-3)14-15-10-6-4-7-11-15;1-14(2)17(19(24)26-3)22-21(25)28-20(16-12-8-5-9-13-16)27-18(23)15-10-6-4-7-11-15;1-4-6-14(19)23-15(7-5-2)24-17(21)18-13-10-8-12(9-11-13)16(20)22-3;1-6-8-11(17)21-12(9-7-2)22-15(19)16-13(10(3)4)14(18)20-5/h4-13,17H,14H2,1-3H3,(H,22,25);4-14,17,20H,1-3H3,(H,22,25);8-11,15H,4-7H2,1-3H3,(H,18,21);10,12-13H,6-9H2,1-5H3,(H,16,19)/t17-;17-,20?;;12?,13-/m00.0/s1. The van der Waals surface area contributed by atoms with Crippen LogP contribution in [0.2, 0.25) is 0 Å². The Balaban J connectivity index is 0.000000465. The second-order valence-electron chi connectivity index (χ2n) is 23.1. The largest absolute Gasteiger partial charge is 0.467 e. The van der Waals surface area contributed by atoms with Gasteiger partial charge in [0.25, 0.3) is 12.1 Å². The Hall–Kier alpha value is -11.1. The number of nitrogens with one attached hydrogen (secondary N) is 4. The van der Waals surface area contributed by atoms with Gasteiger partial charge in [-0.15, -0.1) is 0 Å². The van der Waals surface area contributed by atoms with E-state index in [1.807, 2.05) is 58.0 Å². The average Bonchev–Trinajstić information content (AvgIpc) is 0.868. The van der Waals surface area contributed by atoms with Gasteiger partial charge in [0.15, 0.2) is 0 Å². The highest BCUT2D eigenvalue weighted by atomic mass is 16.7. The second-order valence-corrected chi connectivity index (χ2v) is 23.1. The first kappa shape index (κ1) is 87.0. The van der Waals surface area contributed by atoms with Gasteiger partial charge in [-0.2, -0.15) is 0 Å². The summed E-state index contributed by atoms with van der Waals surface area (Å²) in [6.45, 7) is 17.4. The van der Waals surface area contributed by atoms with Gasteiger partial charge in [-0.05, 0) is 91.6 Å². The normalized spacial score (nSPS) is 12.2. The number of carbonyl (C=O) groups excluding carboxylic acids is 12. The van der Waals surface area contributed by atoms with Crippen LogP contribution in [0, 0.1) is 11.8 Å². The van der Waals surface area contributed by atoms with Crippen molar-refractivity contribution in [1.82, 2.24) is 16.0 Å². The summed E-state index contributed by atoms with van der Waals surface area (Å²) in [4.78, 5) is 143. The Bertz CT molecular complexity index is 3390. The maximum absolute atomic E-state index is 12.4. The highest BCUT2D eigenvalue weighted by Crippen LogP contribution is 2.23. The SMILES string of the molecule is CCCC(=O)OC(CCC)OC(=O)N[C@H](C(=O)OC)C(C)C.CCCC(=O)OC(CCC)OC(=O)Nc1ccc(C(=O)OC)cc1.COC(=O)[C@@H](NC(=O)OC(OC(=O)c1ccccc1)c1ccccc1)C(C)C.COC(=O)[C@H](Cc1ccccc1)NC(=O)OC(C)(C)OC(=O)c1ccccc1. The fraction of sp³-hybridized carbons (Fsp3) is 0.432. The van der Waals surface area contributed by atoms with Crippen molar-refractivity contribution in [2.24, 2.45) is 11.8 Å². The minimum atomic E-state index is -1.54. The Morgan fingerprint density at radius 3 is 1.23 bits per heavy atom. The molecule has 0 aliphatic heterocycles. The quantitative estimate of drug-likeness (QED) is 0.0182. The predicted octanol–water partition coefficient (Wildman–Crippen LogP) is 12.4. The summed E-state index contributed by atoms with van der Waals surface area (Å²) in [5.41, 5.74) is 2.78. The third kappa shape index (κ3) is 34.6. The van der Waals surface area contributed by atoms with E-state index in [0.29, 0.717) is 66.5 Å². The van der Waals surface area contributed by atoms with Crippen LogP contribution in [0.4, 0.5) is 24.9 Å². The van der Waals surface area contributed by atoms with Crippen molar-refractivity contribution < 1.29 is 114 Å². The third-order valence-electron chi connectivity index (χ3n) is 13.6. The fourth-order valence-corrected chi connectivity index (χ4v) is 8.40. The average molecular weight is 1430 g/mol. The topological polar surface area (TPSA) is 364 Å². The summed E-state index contributed by atoms with van der Waals surface area (Å²) in [5, 5.41) is 9.86. The number of alkyl carbamates (subject to hydrolysis) is 3. The molecule has 0 aliphatic rings. The number of hydrogen-bond acceptors (Lipinski definition) is 24. The van der Waals surface area contributed by atoms with Crippen molar-refractivity contribution in [3.05, 3.63) is 173 Å². The molecule has 6 atom stereocenters. The molecule has 556 valence electrons. The van der Waals surface area contributed by atoms with Gasteiger partial charge in [0.2, 0.25) is 12.6 Å². The lowest BCUT2D eigenvalue weighted by Crippen LogP contribution is -2.46.